The number of rotatable bonds is 4. The second-order valence-corrected chi connectivity index (χ2v) is 6.67. The van der Waals surface area contributed by atoms with E-state index in [1.54, 1.807) is 17.5 Å². The van der Waals surface area contributed by atoms with E-state index in [-0.39, 0.29) is 23.7 Å². The quantitative estimate of drug-likeness (QED) is 0.655. The molecule has 2 unspecified atom stereocenters. The van der Waals surface area contributed by atoms with Gasteiger partial charge in [0.2, 0.25) is 0 Å². The summed E-state index contributed by atoms with van der Waals surface area (Å²) in [4.78, 5) is 27.1. The molecular weight excluding hydrogens is 328 g/mol. The van der Waals surface area contributed by atoms with E-state index in [0.717, 1.165) is 19.4 Å². The van der Waals surface area contributed by atoms with Crippen molar-refractivity contribution in [3.8, 4) is 10.6 Å². The maximum absolute atomic E-state index is 12.4. The molecule has 2 N–H and O–H groups in total. The standard InChI is InChI=1S/C16H18N4O3S/c1-10-13(6-3-7-17-10)18-15(21)14-9-24-16(19-14)11-4-2-5-12(8-11)20(22)23/h2,4-5,8-10,13,17H,3,6-7H2,1H3,(H,18,21). The third-order valence-electron chi connectivity index (χ3n) is 4.12. The van der Waals surface area contributed by atoms with Crippen molar-refractivity contribution in [1.82, 2.24) is 15.6 Å². The first-order valence-electron chi connectivity index (χ1n) is 7.79. The van der Waals surface area contributed by atoms with Crippen LogP contribution >= 0.6 is 11.3 Å². The first-order valence-corrected chi connectivity index (χ1v) is 8.67. The highest BCUT2D eigenvalue weighted by Gasteiger charge is 2.24. The Balaban J connectivity index is 1.74. The number of nitrogens with zero attached hydrogens (tertiary/aromatic N) is 2. The number of thiazole rings is 1. The Morgan fingerprint density at radius 2 is 2.33 bits per heavy atom. The molecule has 0 spiro atoms. The fourth-order valence-corrected chi connectivity index (χ4v) is 3.54. The predicted molar refractivity (Wildman–Crippen MR) is 92.2 cm³/mol. The van der Waals surface area contributed by atoms with E-state index in [2.05, 4.69) is 22.5 Å². The highest BCUT2D eigenvalue weighted by molar-refractivity contribution is 7.13. The SMILES string of the molecule is CC1NCCCC1NC(=O)c1csc(-c2cccc([N+](=O)[O-])c2)n1. The van der Waals surface area contributed by atoms with Crippen molar-refractivity contribution in [3.63, 3.8) is 0 Å². The smallest absolute Gasteiger partial charge is 0.271 e. The summed E-state index contributed by atoms with van der Waals surface area (Å²) in [6, 6.07) is 6.59. The molecular formula is C16H18N4O3S. The number of aromatic nitrogens is 1. The van der Waals surface area contributed by atoms with Gasteiger partial charge < -0.3 is 10.6 Å². The van der Waals surface area contributed by atoms with Crippen LogP contribution < -0.4 is 10.6 Å². The Hall–Kier alpha value is -2.32. The van der Waals surface area contributed by atoms with Gasteiger partial charge in [-0.25, -0.2) is 4.98 Å². The Morgan fingerprint density at radius 3 is 3.08 bits per heavy atom. The van der Waals surface area contributed by atoms with Gasteiger partial charge in [-0.05, 0) is 26.3 Å². The summed E-state index contributed by atoms with van der Waals surface area (Å²) in [7, 11) is 0. The van der Waals surface area contributed by atoms with Crippen molar-refractivity contribution >= 4 is 22.9 Å². The van der Waals surface area contributed by atoms with Crippen LogP contribution in [0.25, 0.3) is 10.6 Å². The number of hydrogen-bond acceptors (Lipinski definition) is 6. The number of amides is 1. The van der Waals surface area contributed by atoms with Crippen molar-refractivity contribution in [2.45, 2.75) is 31.8 Å². The van der Waals surface area contributed by atoms with Crippen LogP contribution in [0.2, 0.25) is 0 Å². The lowest BCUT2D eigenvalue weighted by atomic mass is 10.00. The minimum absolute atomic E-state index is 0.0100. The van der Waals surface area contributed by atoms with Gasteiger partial charge in [0.1, 0.15) is 10.7 Å². The third-order valence-corrected chi connectivity index (χ3v) is 5.01. The summed E-state index contributed by atoms with van der Waals surface area (Å²) in [5.41, 5.74) is 0.996. The van der Waals surface area contributed by atoms with E-state index in [9.17, 15) is 14.9 Å². The summed E-state index contributed by atoms with van der Waals surface area (Å²) in [6.45, 7) is 3.03. The van der Waals surface area contributed by atoms with Gasteiger partial charge in [0.25, 0.3) is 11.6 Å². The van der Waals surface area contributed by atoms with Crippen molar-refractivity contribution < 1.29 is 9.72 Å². The summed E-state index contributed by atoms with van der Waals surface area (Å²) in [6.07, 6.45) is 1.98. The molecule has 1 fully saturated rings. The van der Waals surface area contributed by atoms with E-state index in [1.807, 2.05) is 0 Å². The maximum Gasteiger partial charge on any atom is 0.271 e. The molecule has 0 bridgehead atoms. The summed E-state index contributed by atoms with van der Waals surface area (Å²) in [5.74, 6) is -0.205. The van der Waals surface area contributed by atoms with Gasteiger partial charge in [-0.1, -0.05) is 12.1 Å². The molecule has 2 aromatic rings. The lowest BCUT2D eigenvalue weighted by Gasteiger charge is -2.30. The molecule has 2 heterocycles. The van der Waals surface area contributed by atoms with Gasteiger partial charge in [0.05, 0.1) is 4.92 Å². The van der Waals surface area contributed by atoms with Crippen LogP contribution in [-0.2, 0) is 0 Å². The fraction of sp³-hybridized carbons (Fsp3) is 0.375. The first kappa shape index (κ1) is 16.5. The molecule has 3 rings (SSSR count). The van der Waals surface area contributed by atoms with E-state index in [4.69, 9.17) is 0 Å². The molecule has 1 aliphatic heterocycles. The molecule has 7 nitrogen and oxygen atoms in total. The Labute approximate surface area is 143 Å². The maximum atomic E-state index is 12.4. The molecule has 0 saturated carbocycles. The monoisotopic (exact) mass is 346 g/mol. The molecule has 8 heteroatoms. The van der Waals surface area contributed by atoms with Gasteiger partial charge in [0.15, 0.2) is 0 Å². The number of nitro benzene ring substituents is 1. The largest absolute Gasteiger partial charge is 0.346 e. The number of piperidine rings is 1. The lowest BCUT2D eigenvalue weighted by Crippen LogP contribution is -2.51. The van der Waals surface area contributed by atoms with Crippen LogP contribution in [-0.4, -0.2) is 34.4 Å². The lowest BCUT2D eigenvalue weighted by molar-refractivity contribution is -0.384. The molecule has 24 heavy (non-hydrogen) atoms. The van der Waals surface area contributed by atoms with Crippen molar-refractivity contribution in [2.24, 2.45) is 0 Å². The molecule has 1 aromatic carbocycles. The summed E-state index contributed by atoms with van der Waals surface area (Å²) < 4.78 is 0. The number of carbonyl (C=O) groups is 1. The Morgan fingerprint density at radius 1 is 1.50 bits per heavy atom. The molecule has 1 aliphatic rings. The minimum atomic E-state index is -0.442. The summed E-state index contributed by atoms with van der Waals surface area (Å²) in [5, 5.41) is 19.5. The van der Waals surface area contributed by atoms with Crippen LogP contribution in [0.1, 0.15) is 30.3 Å². The normalized spacial score (nSPS) is 20.5. The zero-order chi connectivity index (χ0) is 17.1. The highest BCUT2D eigenvalue weighted by Crippen LogP contribution is 2.27. The predicted octanol–water partition coefficient (Wildman–Crippen LogP) is 2.59. The Bertz CT molecular complexity index is 761. The van der Waals surface area contributed by atoms with Crippen LogP contribution in [0.3, 0.4) is 0 Å². The molecule has 126 valence electrons. The number of nitrogens with one attached hydrogen (secondary N) is 2. The molecule has 1 saturated heterocycles. The Kier molecular flexibility index (Phi) is 4.86. The van der Waals surface area contributed by atoms with Crippen molar-refractivity contribution in [2.75, 3.05) is 6.54 Å². The fourth-order valence-electron chi connectivity index (χ4n) is 2.75. The van der Waals surface area contributed by atoms with Crippen molar-refractivity contribution in [1.29, 1.82) is 0 Å². The molecule has 1 aromatic heterocycles. The van der Waals surface area contributed by atoms with Crippen LogP contribution in [0.4, 0.5) is 5.69 Å². The number of carbonyl (C=O) groups excluding carboxylic acids is 1. The van der Waals surface area contributed by atoms with Gasteiger partial charge in [-0.3, -0.25) is 14.9 Å². The number of non-ortho nitro benzene ring substituents is 1. The molecule has 2 atom stereocenters. The average Bonchev–Trinajstić information content (AvgIpc) is 3.07. The van der Waals surface area contributed by atoms with Crippen molar-refractivity contribution in [3.05, 3.63) is 45.5 Å². The zero-order valence-corrected chi connectivity index (χ0v) is 14.0. The van der Waals surface area contributed by atoms with Crippen LogP contribution in [0.15, 0.2) is 29.6 Å². The van der Waals surface area contributed by atoms with Crippen LogP contribution in [0, 0.1) is 10.1 Å². The first-order chi connectivity index (χ1) is 11.5. The average molecular weight is 346 g/mol. The van der Waals surface area contributed by atoms with E-state index >= 15 is 0 Å². The van der Waals surface area contributed by atoms with Crippen LogP contribution in [0.5, 0.6) is 0 Å². The van der Waals surface area contributed by atoms with Gasteiger partial charge in [-0.2, -0.15) is 0 Å². The van der Waals surface area contributed by atoms with E-state index in [0.29, 0.717) is 16.3 Å². The highest BCUT2D eigenvalue weighted by atomic mass is 32.1. The summed E-state index contributed by atoms with van der Waals surface area (Å²) >= 11 is 1.30. The van der Waals surface area contributed by atoms with Gasteiger partial charge >= 0.3 is 0 Å². The topological polar surface area (TPSA) is 97.2 Å². The number of nitro groups is 1. The number of hydrogen-bond donors (Lipinski definition) is 2. The molecule has 0 aliphatic carbocycles. The number of benzene rings is 1. The second kappa shape index (κ2) is 7.06. The molecule has 0 radical (unpaired) electrons. The van der Waals surface area contributed by atoms with E-state index < -0.39 is 4.92 Å². The van der Waals surface area contributed by atoms with Gasteiger partial charge in [0, 0.05) is 35.2 Å². The zero-order valence-electron chi connectivity index (χ0n) is 13.2. The second-order valence-electron chi connectivity index (χ2n) is 5.81. The van der Waals surface area contributed by atoms with Gasteiger partial charge in [-0.15, -0.1) is 11.3 Å². The van der Waals surface area contributed by atoms with E-state index in [1.165, 1.54) is 23.5 Å². The molecule has 1 amide bonds. The minimum Gasteiger partial charge on any atom is -0.346 e. The third kappa shape index (κ3) is 3.60.